The number of pyridine rings is 1. The molecule has 0 aromatic carbocycles. The van der Waals surface area contributed by atoms with Gasteiger partial charge >= 0.3 is 0 Å². The number of rotatable bonds is 8. The molecular formula is C13H23N3O2. The fourth-order valence-electron chi connectivity index (χ4n) is 1.40. The lowest BCUT2D eigenvalue weighted by Crippen LogP contribution is -2.11. The summed E-state index contributed by atoms with van der Waals surface area (Å²) in [6, 6.07) is 3.65. The largest absolute Gasteiger partial charge is 0.473 e. The summed E-state index contributed by atoms with van der Waals surface area (Å²) in [6.07, 6.45) is 1.01. The van der Waals surface area contributed by atoms with Gasteiger partial charge < -0.3 is 20.5 Å². The zero-order valence-electron chi connectivity index (χ0n) is 11.4. The zero-order chi connectivity index (χ0) is 13.4. The van der Waals surface area contributed by atoms with Crippen molar-refractivity contribution in [3.8, 4) is 5.88 Å². The first kappa shape index (κ1) is 14.6. The highest BCUT2D eigenvalue weighted by Crippen LogP contribution is 2.21. The van der Waals surface area contributed by atoms with E-state index in [1.54, 1.807) is 6.07 Å². The molecule has 3 N–H and O–H groups in total. The minimum atomic E-state index is 0.0630. The minimum Gasteiger partial charge on any atom is -0.473 e. The molecule has 0 fully saturated rings. The number of nitrogens with two attached hydrogens (primary N) is 1. The third-order valence-electron chi connectivity index (χ3n) is 2.21. The van der Waals surface area contributed by atoms with Crippen molar-refractivity contribution >= 4 is 11.5 Å². The van der Waals surface area contributed by atoms with Gasteiger partial charge in [-0.15, -0.1) is 0 Å². The van der Waals surface area contributed by atoms with E-state index < -0.39 is 0 Å². The Bertz CT molecular complexity index is 356. The number of hydrogen-bond acceptors (Lipinski definition) is 5. The number of ether oxygens (including phenoxy) is 2. The number of aromatic nitrogens is 1. The topological polar surface area (TPSA) is 69.4 Å². The van der Waals surface area contributed by atoms with Gasteiger partial charge in [0.2, 0.25) is 5.88 Å². The van der Waals surface area contributed by atoms with Crippen LogP contribution >= 0.6 is 0 Å². The van der Waals surface area contributed by atoms with Crippen molar-refractivity contribution in [2.24, 2.45) is 0 Å². The van der Waals surface area contributed by atoms with Crippen LogP contribution in [0.25, 0.3) is 0 Å². The van der Waals surface area contributed by atoms with Crippen molar-refractivity contribution in [3.63, 3.8) is 0 Å². The van der Waals surface area contributed by atoms with Gasteiger partial charge in [0.1, 0.15) is 5.82 Å². The molecule has 0 spiro atoms. The third-order valence-corrected chi connectivity index (χ3v) is 2.21. The van der Waals surface area contributed by atoms with Crippen LogP contribution in [0.15, 0.2) is 12.1 Å². The van der Waals surface area contributed by atoms with E-state index in [0.29, 0.717) is 11.6 Å². The second kappa shape index (κ2) is 7.76. The van der Waals surface area contributed by atoms with Crippen LogP contribution in [0.5, 0.6) is 5.88 Å². The highest BCUT2D eigenvalue weighted by atomic mass is 16.5. The summed E-state index contributed by atoms with van der Waals surface area (Å²) in [6.45, 7) is 8.22. The molecule has 5 heteroatoms. The van der Waals surface area contributed by atoms with Crippen molar-refractivity contribution in [1.82, 2.24) is 4.98 Å². The predicted octanol–water partition coefficient (Wildman–Crippen LogP) is 2.29. The molecule has 1 aromatic heterocycles. The lowest BCUT2D eigenvalue weighted by molar-refractivity contribution is 0.147. The predicted molar refractivity (Wildman–Crippen MR) is 74.0 cm³/mol. The van der Waals surface area contributed by atoms with Gasteiger partial charge in [-0.05, 0) is 39.3 Å². The van der Waals surface area contributed by atoms with Gasteiger partial charge in [-0.25, -0.2) is 0 Å². The van der Waals surface area contributed by atoms with E-state index in [2.05, 4.69) is 10.3 Å². The Hall–Kier alpha value is -1.49. The van der Waals surface area contributed by atoms with Crippen LogP contribution in [-0.4, -0.2) is 30.8 Å². The van der Waals surface area contributed by atoms with Crippen molar-refractivity contribution < 1.29 is 9.47 Å². The second-order valence-corrected chi connectivity index (χ2v) is 4.23. The van der Waals surface area contributed by atoms with Gasteiger partial charge in [-0.1, -0.05) is 0 Å². The Morgan fingerprint density at radius 3 is 2.83 bits per heavy atom. The maximum Gasteiger partial charge on any atom is 0.239 e. The van der Waals surface area contributed by atoms with Gasteiger partial charge in [0.05, 0.1) is 11.8 Å². The van der Waals surface area contributed by atoms with E-state index in [1.165, 1.54) is 0 Å². The van der Waals surface area contributed by atoms with E-state index >= 15 is 0 Å². The van der Waals surface area contributed by atoms with Crippen LogP contribution in [0.3, 0.4) is 0 Å². The first-order valence-electron chi connectivity index (χ1n) is 6.38. The van der Waals surface area contributed by atoms with E-state index in [0.717, 1.165) is 32.0 Å². The molecule has 0 bridgehead atoms. The van der Waals surface area contributed by atoms with Gasteiger partial charge in [0.25, 0.3) is 0 Å². The Labute approximate surface area is 109 Å². The fraction of sp³-hybridized carbons (Fsp3) is 0.615. The van der Waals surface area contributed by atoms with Crippen LogP contribution in [0, 0.1) is 0 Å². The van der Waals surface area contributed by atoms with Crippen LogP contribution in [0.4, 0.5) is 11.5 Å². The molecule has 18 heavy (non-hydrogen) atoms. The summed E-state index contributed by atoms with van der Waals surface area (Å²) in [4.78, 5) is 4.33. The molecule has 0 aliphatic rings. The SMILES string of the molecule is CCOCCCNc1ccc(N)c(OC(C)C)n1. The summed E-state index contributed by atoms with van der Waals surface area (Å²) >= 11 is 0. The third kappa shape index (κ3) is 5.23. The molecule has 1 aromatic rings. The Morgan fingerprint density at radius 2 is 2.17 bits per heavy atom. The highest BCUT2D eigenvalue weighted by molar-refractivity contribution is 5.53. The van der Waals surface area contributed by atoms with E-state index in [1.807, 2.05) is 26.8 Å². The summed E-state index contributed by atoms with van der Waals surface area (Å²) < 4.78 is 10.8. The molecule has 0 aliphatic heterocycles. The molecule has 0 unspecified atom stereocenters. The molecule has 1 rings (SSSR count). The number of nitrogen functional groups attached to an aromatic ring is 1. The highest BCUT2D eigenvalue weighted by Gasteiger charge is 2.06. The van der Waals surface area contributed by atoms with Crippen LogP contribution in [0.2, 0.25) is 0 Å². The first-order chi connectivity index (χ1) is 8.63. The maximum atomic E-state index is 5.80. The summed E-state index contributed by atoms with van der Waals surface area (Å²) in [7, 11) is 0. The van der Waals surface area contributed by atoms with Crippen molar-refractivity contribution in [3.05, 3.63) is 12.1 Å². The molecule has 0 saturated heterocycles. The van der Waals surface area contributed by atoms with Gasteiger partial charge in [-0.3, -0.25) is 0 Å². The molecule has 0 aliphatic carbocycles. The monoisotopic (exact) mass is 253 g/mol. The average Bonchev–Trinajstić information content (AvgIpc) is 2.32. The molecule has 0 amide bonds. The Morgan fingerprint density at radius 1 is 1.39 bits per heavy atom. The standard InChI is InChI=1S/C13H23N3O2/c1-4-17-9-5-8-15-12-7-6-11(14)13(16-12)18-10(2)3/h6-7,10H,4-5,8-9,14H2,1-3H3,(H,15,16). The lowest BCUT2D eigenvalue weighted by Gasteiger charge is -2.13. The number of anilines is 2. The molecular weight excluding hydrogens is 230 g/mol. The maximum absolute atomic E-state index is 5.80. The number of hydrogen-bond donors (Lipinski definition) is 2. The smallest absolute Gasteiger partial charge is 0.239 e. The summed E-state index contributed by atoms with van der Waals surface area (Å²) in [5.41, 5.74) is 6.36. The van der Waals surface area contributed by atoms with Gasteiger partial charge in [-0.2, -0.15) is 4.98 Å². The van der Waals surface area contributed by atoms with Crippen molar-refractivity contribution in [1.29, 1.82) is 0 Å². The minimum absolute atomic E-state index is 0.0630. The Kier molecular flexibility index (Phi) is 6.28. The second-order valence-electron chi connectivity index (χ2n) is 4.23. The molecule has 5 nitrogen and oxygen atoms in total. The molecule has 1 heterocycles. The average molecular weight is 253 g/mol. The number of nitrogens with zero attached hydrogens (tertiary/aromatic N) is 1. The molecule has 0 radical (unpaired) electrons. The first-order valence-corrected chi connectivity index (χ1v) is 6.38. The van der Waals surface area contributed by atoms with Gasteiger partial charge in [0.15, 0.2) is 0 Å². The Balaban J connectivity index is 2.46. The number of nitrogens with one attached hydrogen (secondary N) is 1. The van der Waals surface area contributed by atoms with E-state index in [4.69, 9.17) is 15.2 Å². The molecule has 0 atom stereocenters. The van der Waals surface area contributed by atoms with E-state index in [-0.39, 0.29) is 6.10 Å². The quantitative estimate of drug-likeness (QED) is 0.696. The van der Waals surface area contributed by atoms with E-state index in [9.17, 15) is 0 Å². The zero-order valence-corrected chi connectivity index (χ0v) is 11.4. The fourth-order valence-corrected chi connectivity index (χ4v) is 1.40. The van der Waals surface area contributed by atoms with Crippen LogP contribution < -0.4 is 15.8 Å². The lowest BCUT2D eigenvalue weighted by atomic mass is 10.3. The van der Waals surface area contributed by atoms with Crippen molar-refractivity contribution in [2.75, 3.05) is 30.8 Å². The van der Waals surface area contributed by atoms with Crippen molar-refractivity contribution in [2.45, 2.75) is 33.3 Å². The van der Waals surface area contributed by atoms with Gasteiger partial charge in [0, 0.05) is 19.8 Å². The molecule has 102 valence electrons. The normalized spacial score (nSPS) is 10.7. The van der Waals surface area contributed by atoms with Crippen LogP contribution in [-0.2, 0) is 4.74 Å². The molecule has 0 saturated carbocycles. The van der Waals surface area contributed by atoms with Crippen LogP contribution in [0.1, 0.15) is 27.2 Å². The summed E-state index contributed by atoms with van der Waals surface area (Å²) in [5.74, 6) is 1.26. The summed E-state index contributed by atoms with van der Waals surface area (Å²) in [5, 5.41) is 3.22.